The first kappa shape index (κ1) is 12.5. The summed E-state index contributed by atoms with van der Waals surface area (Å²) in [6, 6.07) is 3.75. The standard InChI is InChI=1S/C10H13NO4S/c1-11(5-4-9(12)13)10(14)15-7-8-3-2-6-16-8/h2-3,6H,4-5,7H2,1H3,(H,12,13). The number of aliphatic carboxylic acids is 1. The molecular weight excluding hydrogens is 230 g/mol. The molecule has 0 aliphatic rings. The maximum absolute atomic E-state index is 11.4. The number of carbonyl (C=O) groups is 2. The summed E-state index contributed by atoms with van der Waals surface area (Å²) in [7, 11) is 1.51. The van der Waals surface area contributed by atoms with Gasteiger partial charge >= 0.3 is 12.1 Å². The van der Waals surface area contributed by atoms with Gasteiger partial charge in [-0.1, -0.05) is 6.07 Å². The maximum atomic E-state index is 11.4. The lowest BCUT2D eigenvalue weighted by atomic mass is 10.4. The Morgan fingerprint density at radius 2 is 2.31 bits per heavy atom. The zero-order chi connectivity index (χ0) is 12.0. The fourth-order valence-corrected chi connectivity index (χ4v) is 1.61. The Labute approximate surface area is 97.3 Å². The molecule has 1 rings (SSSR count). The molecule has 1 amide bonds. The van der Waals surface area contributed by atoms with Crippen LogP contribution in [0.2, 0.25) is 0 Å². The number of ether oxygens (including phenoxy) is 1. The topological polar surface area (TPSA) is 66.8 Å². The van der Waals surface area contributed by atoms with E-state index in [-0.39, 0.29) is 19.6 Å². The summed E-state index contributed by atoms with van der Waals surface area (Å²) >= 11 is 1.51. The van der Waals surface area contributed by atoms with Gasteiger partial charge in [-0.2, -0.15) is 0 Å². The van der Waals surface area contributed by atoms with E-state index in [1.807, 2.05) is 17.5 Å². The van der Waals surface area contributed by atoms with Crippen LogP contribution in [0.15, 0.2) is 17.5 Å². The molecule has 0 aliphatic carbocycles. The molecular formula is C10H13NO4S. The number of thiophene rings is 1. The largest absolute Gasteiger partial charge is 0.481 e. The van der Waals surface area contributed by atoms with Crippen molar-refractivity contribution >= 4 is 23.4 Å². The molecule has 0 radical (unpaired) electrons. The Kier molecular flexibility index (Phi) is 4.78. The number of carboxylic acids is 1. The normalized spacial score (nSPS) is 9.81. The molecule has 5 nitrogen and oxygen atoms in total. The van der Waals surface area contributed by atoms with E-state index in [2.05, 4.69) is 0 Å². The summed E-state index contributed by atoms with van der Waals surface area (Å²) in [5.74, 6) is -0.932. The minimum atomic E-state index is -0.932. The summed E-state index contributed by atoms with van der Waals surface area (Å²) in [5.41, 5.74) is 0. The molecule has 0 bridgehead atoms. The van der Waals surface area contributed by atoms with Crippen molar-refractivity contribution in [2.45, 2.75) is 13.0 Å². The van der Waals surface area contributed by atoms with Crippen molar-refractivity contribution in [3.05, 3.63) is 22.4 Å². The van der Waals surface area contributed by atoms with Gasteiger partial charge in [0.15, 0.2) is 0 Å². The second-order valence-electron chi connectivity index (χ2n) is 3.20. The summed E-state index contributed by atoms with van der Waals surface area (Å²) in [4.78, 5) is 23.9. The Balaban J connectivity index is 2.26. The van der Waals surface area contributed by atoms with Crippen LogP contribution in [-0.4, -0.2) is 35.7 Å². The highest BCUT2D eigenvalue weighted by atomic mass is 32.1. The van der Waals surface area contributed by atoms with Crippen molar-refractivity contribution < 1.29 is 19.4 Å². The van der Waals surface area contributed by atoms with E-state index in [9.17, 15) is 9.59 Å². The van der Waals surface area contributed by atoms with Gasteiger partial charge in [0.05, 0.1) is 6.42 Å². The Bertz CT molecular complexity index is 350. The number of rotatable bonds is 5. The molecule has 0 atom stereocenters. The number of carboxylic acid groups (broad SMARTS) is 1. The molecule has 0 saturated heterocycles. The summed E-state index contributed by atoms with van der Waals surface area (Å²) in [6.45, 7) is 0.381. The molecule has 0 aromatic carbocycles. The number of nitrogens with zero attached hydrogens (tertiary/aromatic N) is 1. The average Bonchev–Trinajstić information content (AvgIpc) is 2.75. The van der Waals surface area contributed by atoms with Gasteiger partial charge in [-0.25, -0.2) is 4.79 Å². The maximum Gasteiger partial charge on any atom is 0.409 e. The van der Waals surface area contributed by atoms with E-state index in [1.165, 1.54) is 23.3 Å². The highest BCUT2D eigenvalue weighted by Crippen LogP contribution is 2.10. The molecule has 0 fully saturated rings. The van der Waals surface area contributed by atoms with Crippen LogP contribution in [0.5, 0.6) is 0 Å². The van der Waals surface area contributed by atoms with Crippen molar-refractivity contribution in [3.8, 4) is 0 Å². The monoisotopic (exact) mass is 243 g/mol. The predicted octanol–water partition coefficient (Wildman–Crippen LogP) is 1.79. The second kappa shape index (κ2) is 6.12. The van der Waals surface area contributed by atoms with E-state index >= 15 is 0 Å². The van der Waals surface area contributed by atoms with Crippen LogP contribution >= 0.6 is 11.3 Å². The Morgan fingerprint density at radius 3 is 2.88 bits per heavy atom. The minimum absolute atomic E-state index is 0.0788. The molecule has 88 valence electrons. The number of hydrogen-bond acceptors (Lipinski definition) is 4. The van der Waals surface area contributed by atoms with Crippen LogP contribution in [-0.2, 0) is 16.1 Å². The lowest BCUT2D eigenvalue weighted by Gasteiger charge is -2.15. The van der Waals surface area contributed by atoms with E-state index in [4.69, 9.17) is 9.84 Å². The molecule has 0 unspecified atom stereocenters. The third kappa shape index (κ3) is 4.31. The zero-order valence-electron chi connectivity index (χ0n) is 8.88. The van der Waals surface area contributed by atoms with Gasteiger partial charge in [0.1, 0.15) is 6.61 Å². The van der Waals surface area contributed by atoms with Gasteiger partial charge in [0.2, 0.25) is 0 Å². The molecule has 1 aromatic rings. The van der Waals surface area contributed by atoms with Crippen molar-refractivity contribution in [1.29, 1.82) is 0 Å². The van der Waals surface area contributed by atoms with Crippen LogP contribution in [0, 0.1) is 0 Å². The van der Waals surface area contributed by atoms with E-state index in [0.717, 1.165) is 4.88 Å². The van der Waals surface area contributed by atoms with Gasteiger partial charge in [-0.05, 0) is 11.4 Å². The van der Waals surface area contributed by atoms with Crippen molar-refractivity contribution in [1.82, 2.24) is 4.90 Å². The fraction of sp³-hybridized carbons (Fsp3) is 0.400. The third-order valence-electron chi connectivity index (χ3n) is 1.89. The first-order chi connectivity index (χ1) is 7.59. The Hall–Kier alpha value is -1.56. The van der Waals surface area contributed by atoms with E-state index < -0.39 is 12.1 Å². The zero-order valence-corrected chi connectivity index (χ0v) is 9.70. The van der Waals surface area contributed by atoms with Crippen LogP contribution in [0.3, 0.4) is 0 Å². The molecule has 1 aromatic heterocycles. The number of amides is 1. The molecule has 1 heterocycles. The lowest BCUT2D eigenvalue weighted by molar-refractivity contribution is -0.137. The van der Waals surface area contributed by atoms with Gasteiger partial charge in [0, 0.05) is 18.5 Å². The number of hydrogen-bond donors (Lipinski definition) is 1. The van der Waals surface area contributed by atoms with E-state index in [0.29, 0.717) is 0 Å². The number of carbonyl (C=O) groups excluding carboxylic acids is 1. The lowest BCUT2D eigenvalue weighted by Crippen LogP contribution is -2.29. The summed E-state index contributed by atoms with van der Waals surface area (Å²) in [5, 5.41) is 10.3. The molecule has 0 aliphatic heterocycles. The Morgan fingerprint density at radius 1 is 1.56 bits per heavy atom. The minimum Gasteiger partial charge on any atom is -0.481 e. The molecule has 6 heteroatoms. The fourth-order valence-electron chi connectivity index (χ4n) is 0.992. The van der Waals surface area contributed by atoms with Crippen LogP contribution in [0.25, 0.3) is 0 Å². The van der Waals surface area contributed by atoms with Crippen molar-refractivity contribution in [2.75, 3.05) is 13.6 Å². The highest BCUT2D eigenvalue weighted by molar-refractivity contribution is 7.09. The van der Waals surface area contributed by atoms with Crippen LogP contribution in [0.4, 0.5) is 4.79 Å². The highest BCUT2D eigenvalue weighted by Gasteiger charge is 2.11. The molecule has 16 heavy (non-hydrogen) atoms. The van der Waals surface area contributed by atoms with Gasteiger partial charge in [-0.15, -0.1) is 11.3 Å². The van der Waals surface area contributed by atoms with E-state index in [1.54, 1.807) is 0 Å². The van der Waals surface area contributed by atoms with Gasteiger partial charge in [-0.3, -0.25) is 4.79 Å². The van der Waals surface area contributed by atoms with Crippen molar-refractivity contribution in [3.63, 3.8) is 0 Å². The van der Waals surface area contributed by atoms with Crippen LogP contribution in [0.1, 0.15) is 11.3 Å². The first-order valence-electron chi connectivity index (χ1n) is 4.71. The quantitative estimate of drug-likeness (QED) is 0.856. The average molecular weight is 243 g/mol. The molecule has 1 N–H and O–H groups in total. The first-order valence-corrected chi connectivity index (χ1v) is 5.59. The SMILES string of the molecule is CN(CCC(=O)O)C(=O)OCc1cccs1. The second-order valence-corrected chi connectivity index (χ2v) is 4.23. The van der Waals surface area contributed by atoms with Crippen LogP contribution < -0.4 is 0 Å². The van der Waals surface area contributed by atoms with Crippen molar-refractivity contribution in [2.24, 2.45) is 0 Å². The molecule has 0 saturated carbocycles. The smallest absolute Gasteiger partial charge is 0.409 e. The third-order valence-corrected chi connectivity index (χ3v) is 2.74. The summed E-state index contributed by atoms with van der Waals surface area (Å²) in [6.07, 6.45) is -0.584. The van der Waals surface area contributed by atoms with Gasteiger partial charge in [0.25, 0.3) is 0 Å². The predicted molar refractivity (Wildman–Crippen MR) is 59.4 cm³/mol. The van der Waals surface area contributed by atoms with Gasteiger partial charge < -0.3 is 14.7 Å². The summed E-state index contributed by atoms with van der Waals surface area (Å²) < 4.78 is 4.98. The molecule has 0 spiro atoms.